The molecule has 2 aliphatic heterocycles. The van der Waals surface area contributed by atoms with Gasteiger partial charge in [-0.3, -0.25) is 4.90 Å². The molecular formula is C28H33F3N6O3S3. The van der Waals surface area contributed by atoms with Crippen molar-refractivity contribution in [2.24, 2.45) is 0 Å². The number of hydrogen-bond acceptors (Lipinski definition) is 10. The second-order valence-corrected chi connectivity index (χ2v) is 14.0. The lowest BCUT2D eigenvalue weighted by Gasteiger charge is -2.36. The van der Waals surface area contributed by atoms with Gasteiger partial charge in [-0.1, -0.05) is 19.1 Å². The number of sulfone groups is 1. The average molecular weight is 655 g/mol. The van der Waals surface area contributed by atoms with Gasteiger partial charge in [0, 0.05) is 71.0 Å². The molecule has 0 radical (unpaired) electrons. The fourth-order valence-corrected chi connectivity index (χ4v) is 8.55. The number of thiocarbonyl (C=S) groups is 1. The summed E-state index contributed by atoms with van der Waals surface area (Å²) in [6, 6.07) is 7.20. The molecule has 232 valence electrons. The number of methoxy groups -OCH3 is 1. The number of thiophene rings is 1. The third kappa shape index (κ3) is 6.80. The van der Waals surface area contributed by atoms with Gasteiger partial charge in [0.1, 0.15) is 10.6 Å². The van der Waals surface area contributed by atoms with E-state index in [9.17, 15) is 21.6 Å². The Balaban J connectivity index is 1.45. The van der Waals surface area contributed by atoms with Gasteiger partial charge in [-0.25, -0.2) is 18.4 Å². The highest BCUT2D eigenvalue weighted by molar-refractivity contribution is 7.92. The second-order valence-electron chi connectivity index (χ2n) is 10.4. The number of ether oxygens (including phenoxy) is 1. The van der Waals surface area contributed by atoms with E-state index in [0.717, 1.165) is 61.5 Å². The number of halogens is 3. The highest BCUT2D eigenvalue weighted by Crippen LogP contribution is 2.42. The first-order chi connectivity index (χ1) is 20.4. The summed E-state index contributed by atoms with van der Waals surface area (Å²) in [6.45, 7) is 7.43. The lowest BCUT2D eigenvalue weighted by atomic mass is 10.1. The van der Waals surface area contributed by atoms with Crippen molar-refractivity contribution in [3.8, 4) is 10.6 Å². The normalized spacial score (nSPS) is 17.6. The maximum Gasteiger partial charge on any atom is 0.420 e. The molecule has 1 N–H and O–H groups in total. The van der Waals surface area contributed by atoms with Crippen molar-refractivity contribution in [2.75, 3.05) is 76.0 Å². The molecule has 1 fully saturated rings. The van der Waals surface area contributed by atoms with Crippen LogP contribution in [0.5, 0.6) is 0 Å². The monoisotopic (exact) mass is 654 g/mol. The lowest BCUT2D eigenvalue weighted by Crippen LogP contribution is -2.47. The molecule has 9 nitrogen and oxygen atoms in total. The number of rotatable bonds is 8. The Morgan fingerprint density at radius 3 is 2.56 bits per heavy atom. The van der Waals surface area contributed by atoms with Crippen LogP contribution >= 0.6 is 23.6 Å². The number of aryl methyl sites for hydroxylation is 1. The molecule has 0 saturated carbocycles. The zero-order valence-electron chi connectivity index (χ0n) is 24.1. The van der Waals surface area contributed by atoms with E-state index in [1.807, 2.05) is 19.1 Å². The van der Waals surface area contributed by atoms with Crippen molar-refractivity contribution in [3.63, 3.8) is 0 Å². The fourth-order valence-electron chi connectivity index (χ4n) is 5.11. The molecule has 2 aliphatic rings. The molecule has 0 unspecified atom stereocenters. The van der Waals surface area contributed by atoms with Crippen LogP contribution in [0.2, 0.25) is 0 Å². The first kappa shape index (κ1) is 31.6. The number of aromatic nitrogens is 2. The van der Waals surface area contributed by atoms with E-state index in [2.05, 4.69) is 31.2 Å². The van der Waals surface area contributed by atoms with Crippen LogP contribution in [0.15, 0.2) is 35.4 Å². The number of anilines is 3. The Hall–Kier alpha value is -2.85. The molecular weight excluding hydrogens is 622 g/mol. The van der Waals surface area contributed by atoms with E-state index in [-0.39, 0.29) is 37.9 Å². The van der Waals surface area contributed by atoms with Crippen LogP contribution in [-0.4, -0.2) is 99.0 Å². The van der Waals surface area contributed by atoms with E-state index in [1.54, 1.807) is 19.1 Å². The highest BCUT2D eigenvalue weighted by atomic mass is 32.2. The van der Waals surface area contributed by atoms with Gasteiger partial charge >= 0.3 is 6.18 Å². The summed E-state index contributed by atoms with van der Waals surface area (Å²) in [6.07, 6.45) is -3.34. The largest absolute Gasteiger partial charge is 0.420 e. The molecule has 1 saturated heterocycles. The maximum atomic E-state index is 14.1. The van der Waals surface area contributed by atoms with Crippen molar-refractivity contribution < 1.29 is 26.3 Å². The van der Waals surface area contributed by atoms with Crippen LogP contribution in [0.1, 0.15) is 22.9 Å². The van der Waals surface area contributed by atoms with Crippen LogP contribution in [-0.2, 0) is 27.2 Å². The Bertz CT molecular complexity index is 1600. The van der Waals surface area contributed by atoms with E-state index < -0.39 is 27.3 Å². The summed E-state index contributed by atoms with van der Waals surface area (Å²) in [4.78, 5) is 15.1. The minimum atomic E-state index is -4.75. The summed E-state index contributed by atoms with van der Waals surface area (Å²) in [7, 11) is -0.373. The molecule has 5 rings (SSSR count). The number of fused-ring (bicyclic) bond motifs is 1. The van der Waals surface area contributed by atoms with Crippen LogP contribution in [0, 0.1) is 0 Å². The van der Waals surface area contributed by atoms with Gasteiger partial charge in [0.15, 0.2) is 9.84 Å². The molecule has 43 heavy (non-hydrogen) atoms. The molecule has 0 bridgehead atoms. The fraction of sp³-hybridized carbons (Fsp3) is 0.464. The molecule has 4 heterocycles. The Morgan fingerprint density at radius 1 is 1.14 bits per heavy atom. The third-order valence-corrected chi connectivity index (χ3v) is 11.3. The van der Waals surface area contributed by atoms with Gasteiger partial charge in [-0.05, 0) is 36.2 Å². The topological polar surface area (TPSA) is 90.9 Å². The SMILES string of the molecule is CCc1cc(N2CCN(CCOC)CC2)ccc1Nc1ncc(C(F)(F)F)c(-c2cc3c(s2)C(=S)N(C)CCS3(=O)=O)n1. The van der Waals surface area contributed by atoms with Crippen LogP contribution in [0.4, 0.5) is 30.5 Å². The Labute approximate surface area is 258 Å². The molecule has 15 heteroatoms. The van der Waals surface area contributed by atoms with Crippen LogP contribution < -0.4 is 10.2 Å². The standard InChI is InChI=1S/C28H33F3N6O3S3/c1-4-18-15-19(37-9-7-36(8-10-37)11-13-40-3)5-6-21(18)33-27-32-17-20(28(29,30)31)24(34-27)22-16-23-25(42-22)26(41)35(2)12-14-43(23,38)39/h5-6,15-17H,4,7-14H2,1-3H3,(H,32,33,34). The van der Waals surface area contributed by atoms with Crippen molar-refractivity contribution >= 4 is 55.7 Å². The number of nitrogens with zero attached hydrogens (tertiary/aromatic N) is 5. The second kappa shape index (κ2) is 12.6. The number of benzene rings is 1. The number of piperazine rings is 1. The minimum Gasteiger partial charge on any atom is -0.383 e. The summed E-state index contributed by atoms with van der Waals surface area (Å²) in [5.74, 6) is -0.210. The van der Waals surface area contributed by atoms with E-state index >= 15 is 0 Å². The van der Waals surface area contributed by atoms with Crippen molar-refractivity contribution in [3.05, 3.63) is 46.5 Å². The van der Waals surface area contributed by atoms with Crippen molar-refractivity contribution in [2.45, 2.75) is 24.4 Å². The first-order valence-electron chi connectivity index (χ1n) is 13.8. The quantitative estimate of drug-likeness (QED) is 0.345. The maximum absolute atomic E-state index is 14.1. The highest BCUT2D eigenvalue weighted by Gasteiger charge is 2.38. The summed E-state index contributed by atoms with van der Waals surface area (Å²) >= 11 is 6.35. The molecule has 0 spiro atoms. The van der Waals surface area contributed by atoms with E-state index in [0.29, 0.717) is 18.7 Å². The van der Waals surface area contributed by atoms with Gasteiger partial charge in [-0.15, -0.1) is 11.3 Å². The minimum absolute atomic E-state index is 0.0247. The average Bonchev–Trinajstić information content (AvgIpc) is 3.42. The first-order valence-corrected chi connectivity index (χ1v) is 16.7. The van der Waals surface area contributed by atoms with Crippen molar-refractivity contribution in [1.29, 1.82) is 0 Å². The lowest BCUT2D eigenvalue weighted by molar-refractivity contribution is -0.137. The van der Waals surface area contributed by atoms with Gasteiger partial charge in [0.25, 0.3) is 0 Å². The Kier molecular flexibility index (Phi) is 9.28. The van der Waals surface area contributed by atoms with Crippen LogP contribution in [0.25, 0.3) is 10.6 Å². The van der Waals surface area contributed by atoms with Gasteiger partial charge in [-0.2, -0.15) is 13.2 Å². The smallest absolute Gasteiger partial charge is 0.383 e. The zero-order chi connectivity index (χ0) is 30.9. The molecule has 0 aliphatic carbocycles. The number of alkyl halides is 3. The molecule has 0 amide bonds. The van der Waals surface area contributed by atoms with E-state index in [4.69, 9.17) is 17.0 Å². The van der Waals surface area contributed by atoms with Gasteiger partial charge in [0.05, 0.1) is 32.7 Å². The van der Waals surface area contributed by atoms with Crippen LogP contribution in [0.3, 0.4) is 0 Å². The predicted molar refractivity (Wildman–Crippen MR) is 166 cm³/mol. The molecule has 2 aromatic heterocycles. The summed E-state index contributed by atoms with van der Waals surface area (Å²) < 4.78 is 73.3. The van der Waals surface area contributed by atoms with Crippen molar-refractivity contribution in [1.82, 2.24) is 19.8 Å². The Morgan fingerprint density at radius 2 is 1.88 bits per heavy atom. The van der Waals surface area contributed by atoms with Gasteiger partial charge in [0.2, 0.25) is 5.95 Å². The number of nitrogens with one attached hydrogen (secondary N) is 1. The third-order valence-electron chi connectivity index (χ3n) is 7.66. The molecule has 3 aromatic rings. The summed E-state index contributed by atoms with van der Waals surface area (Å²) in [5.41, 5.74) is 1.27. The predicted octanol–water partition coefficient (Wildman–Crippen LogP) is 4.69. The molecule has 0 atom stereocenters. The number of hydrogen-bond donors (Lipinski definition) is 1. The van der Waals surface area contributed by atoms with Gasteiger partial charge < -0.3 is 19.9 Å². The summed E-state index contributed by atoms with van der Waals surface area (Å²) in [5, 5.41) is 3.10. The molecule has 1 aromatic carbocycles. The zero-order valence-corrected chi connectivity index (χ0v) is 26.5. The van der Waals surface area contributed by atoms with E-state index in [1.165, 1.54) is 6.07 Å².